The Morgan fingerprint density at radius 1 is 1.41 bits per heavy atom. The summed E-state index contributed by atoms with van der Waals surface area (Å²) in [6.07, 6.45) is 0. The third kappa shape index (κ3) is 3.17. The fraction of sp³-hybridized carbons (Fsp3) is 0.364. The van der Waals surface area contributed by atoms with Gasteiger partial charge in [-0.15, -0.1) is 0 Å². The first-order valence-electron chi connectivity index (χ1n) is 5.07. The summed E-state index contributed by atoms with van der Waals surface area (Å²) in [5.74, 6) is -0.175. The Morgan fingerprint density at radius 3 is 2.41 bits per heavy atom. The average molecular weight is 237 g/mol. The molecule has 6 nitrogen and oxygen atoms in total. The number of nitrogen functional groups attached to an aromatic ring is 1. The van der Waals surface area contributed by atoms with Crippen LogP contribution >= 0.6 is 0 Å². The molecule has 1 aromatic carbocycles. The number of hydrogen-bond donors (Lipinski definition) is 2. The lowest BCUT2D eigenvalue weighted by Gasteiger charge is -2.17. The molecule has 92 valence electrons. The number of carbonyl (C=O) groups is 1. The molecule has 17 heavy (non-hydrogen) atoms. The van der Waals surface area contributed by atoms with Crippen LogP contribution in [-0.2, 0) is 4.79 Å². The van der Waals surface area contributed by atoms with Crippen LogP contribution in [0.15, 0.2) is 18.2 Å². The first-order valence-corrected chi connectivity index (χ1v) is 5.07. The van der Waals surface area contributed by atoms with Gasteiger partial charge < -0.3 is 11.1 Å². The van der Waals surface area contributed by atoms with Crippen LogP contribution in [0, 0.1) is 15.5 Å². The predicted molar refractivity (Wildman–Crippen MR) is 65.6 cm³/mol. The quantitative estimate of drug-likeness (QED) is 0.467. The van der Waals surface area contributed by atoms with Crippen LogP contribution in [0.4, 0.5) is 17.1 Å². The van der Waals surface area contributed by atoms with E-state index in [9.17, 15) is 14.9 Å². The van der Waals surface area contributed by atoms with Crippen LogP contribution in [0.2, 0.25) is 0 Å². The number of rotatable bonds is 2. The van der Waals surface area contributed by atoms with Crippen LogP contribution in [0.1, 0.15) is 20.8 Å². The van der Waals surface area contributed by atoms with Crippen molar-refractivity contribution >= 4 is 23.0 Å². The van der Waals surface area contributed by atoms with E-state index >= 15 is 0 Å². The Morgan fingerprint density at radius 2 is 2.00 bits per heavy atom. The number of nitrogens with zero attached hydrogens (tertiary/aromatic N) is 1. The maximum absolute atomic E-state index is 11.7. The molecule has 0 unspecified atom stereocenters. The number of nitro groups is 1. The SMILES string of the molecule is CC(C)(C)C(=O)Nc1ccc([N+](=O)[O-])c(N)c1. The van der Waals surface area contributed by atoms with Crippen molar-refractivity contribution in [3.8, 4) is 0 Å². The van der Waals surface area contributed by atoms with E-state index in [1.807, 2.05) is 0 Å². The Bertz CT molecular complexity index is 464. The summed E-state index contributed by atoms with van der Waals surface area (Å²) in [6.45, 7) is 5.32. The summed E-state index contributed by atoms with van der Waals surface area (Å²) in [5, 5.41) is 13.2. The second kappa shape index (κ2) is 4.40. The van der Waals surface area contributed by atoms with Crippen molar-refractivity contribution in [2.24, 2.45) is 5.41 Å². The molecule has 6 heteroatoms. The van der Waals surface area contributed by atoms with Crippen molar-refractivity contribution in [2.45, 2.75) is 20.8 Å². The van der Waals surface area contributed by atoms with Gasteiger partial charge in [-0.2, -0.15) is 0 Å². The van der Waals surface area contributed by atoms with Gasteiger partial charge in [-0.25, -0.2) is 0 Å². The number of carbonyl (C=O) groups excluding carboxylic acids is 1. The van der Waals surface area contributed by atoms with Crippen molar-refractivity contribution in [3.63, 3.8) is 0 Å². The molecule has 0 aromatic heterocycles. The van der Waals surface area contributed by atoms with Crippen LogP contribution in [0.5, 0.6) is 0 Å². The van der Waals surface area contributed by atoms with Gasteiger partial charge in [-0.05, 0) is 12.1 Å². The molecule has 0 aliphatic rings. The lowest BCUT2D eigenvalue weighted by atomic mass is 9.95. The molecule has 0 saturated heterocycles. The number of hydrogen-bond acceptors (Lipinski definition) is 4. The minimum Gasteiger partial charge on any atom is -0.393 e. The van der Waals surface area contributed by atoms with Gasteiger partial charge in [-0.3, -0.25) is 14.9 Å². The summed E-state index contributed by atoms with van der Waals surface area (Å²) < 4.78 is 0. The molecular weight excluding hydrogens is 222 g/mol. The Labute approximate surface area is 99.0 Å². The normalized spacial score (nSPS) is 11.0. The molecule has 1 aromatic rings. The van der Waals surface area contributed by atoms with E-state index < -0.39 is 10.3 Å². The smallest absolute Gasteiger partial charge is 0.292 e. The van der Waals surface area contributed by atoms with Crippen molar-refractivity contribution < 1.29 is 9.72 Å². The molecule has 0 heterocycles. The van der Waals surface area contributed by atoms with E-state index in [1.54, 1.807) is 20.8 Å². The van der Waals surface area contributed by atoms with Crippen molar-refractivity contribution in [1.82, 2.24) is 0 Å². The first kappa shape index (κ1) is 13.0. The van der Waals surface area contributed by atoms with E-state index in [0.29, 0.717) is 5.69 Å². The molecule has 0 bridgehead atoms. The third-order valence-electron chi connectivity index (χ3n) is 2.16. The maximum atomic E-state index is 11.7. The highest BCUT2D eigenvalue weighted by Gasteiger charge is 2.21. The van der Waals surface area contributed by atoms with Gasteiger partial charge in [-0.1, -0.05) is 20.8 Å². The lowest BCUT2D eigenvalue weighted by molar-refractivity contribution is -0.383. The maximum Gasteiger partial charge on any atom is 0.292 e. The summed E-state index contributed by atoms with van der Waals surface area (Å²) >= 11 is 0. The van der Waals surface area contributed by atoms with Gasteiger partial charge in [0.15, 0.2) is 0 Å². The van der Waals surface area contributed by atoms with Gasteiger partial charge >= 0.3 is 0 Å². The fourth-order valence-electron chi connectivity index (χ4n) is 1.12. The van der Waals surface area contributed by atoms with Crippen LogP contribution < -0.4 is 11.1 Å². The molecule has 0 radical (unpaired) electrons. The van der Waals surface area contributed by atoms with Crippen molar-refractivity contribution in [2.75, 3.05) is 11.1 Å². The molecule has 0 atom stereocenters. The average Bonchev–Trinajstić information content (AvgIpc) is 2.15. The van der Waals surface area contributed by atoms with Gasteiger partial charge in [0, 0.05) is 17.2 Å². The third-order valence-corrected chi connectivity index (χ3v) is 2.16. The van der Waals surface area contributed by atoms with Gasteiger partial charge in [0.1, 0.15) is 5.69 Å². The van der Waals surface area contributed by atoms with Gasteiger partial charge in [0.05, 0.1) is 4.92 Å². The van der Waals surface area contributed by atoms with Crippen LogP contribution in [0.3, 0.4) is 0 Å². The van der Waals surface area contributed by atoms with E-state index in [-0.39, 0.29) is 17.3 Å². The molecule has 0 spiro atoms. The first-order chi connectivity index (χ1) is 7.71. The molecule has 0 fully saturated rings. The molecular formula is C11H15N3O3. The lowest BCUT2D eigenvalue weighted by Crippen LogP contribution is -2.27. The Hall–Kier alpha value is -2.11. The Kier molecular flexibility index (Phi) is 3.36. The van der Waals surface area contributed by atoms with Gasteiger partial charge in [0.2, 0.25) is 5.91 Å². The van der Waals surface area contributed by atoms with Gasteiger partial charge in [0.25, 0.3) is 5.69 Å². The van der Waals surface area contributed by atoms with E-state index in [1.165, 1.54) is 18.2 Å². The Balaban J connectivity index is 2.92. The topological polar surface area (TPSA) is 98.3 Å². The molecule has 1 amide bonds. The highest BCUT2D eigenvalue weighted by atomic mass is 16.6. The molecule has 1 rings (SSSR count). The summed E-state index contributed by atoms with van der Waals surface area (Å²) in [4.78, 5) is 21.7. The van der Waals surface area contributed by atoms with E-state index in [0.717, 1.165) is 0 Å². The molecule has 0 aliphatic heterocycles. The number of anilines is 2. The predicted octanol–water partition coefficient (Wildman–Crippen LogP) is 2.16. The largest absolute Gasteiger partial charge is 0.393 e. The number of amides is 1. The monoisotopic (exact) mass is 237 g/mol. The fourth-order valence-corrected chi connectivity index (χ4v) is 1.12. The highest BCUT2D eigenvalue weighted by molar-refractivity contribution is 5.95. The standard InChI is InChI=1S/C11H15N3O3/c1-11(2,3)10(15)13-7-4-5-9(14(16)17)8(12)6-7/h4-6H,12H2,1-3H3,(H,13,15). The zero-order chi connectivity index (χ0) is 13.2. The number of nitrogens with two attached hydrogens (primary N) is 1. The van der Waals surface area contributed by atoms with E-state index in [4.69, 9.17) is 5.73 Å². The van der Waals surface area contributed by atoms with Crippen molar-refractivity contribution in [3.05, 3.63) is 28.3 Å². The van der Waals surface area contributed by atoms with Crippen LogP contribution in [-0.4, -0.2) is 10.8 Å². The number of benzene rings is 1. The number of nitro benzene ring substituents is 1. The van der Waals surface area contributed by atoms with E-state index in [2.05, 4.69) is 5.32 Å². The van der Waals surface area contributed by atoms with Crippen molar-refractivity contribution in [1.29, 1.82) is 0 Å². The zero-order valence-corrected chi connectivity index (χ0v) is 9.98. The zero-order valence-electron chi connectivity index (χ0n) is 9.98. The summed E-state index contributed by atoms with van der Waals surface area (Å²) in [5.41, 5.74) is 5.30. The molecule has 0 saturated carbocycles. The molecule has 0 aliphatic carbocycles. The highest BCUT2D eigenvalue weighted by Crippen LogP contribution is 2.25. The number of nitrogens with one attached hydrogen (secondary N) is 1. The minimum absolute atomic E-state index is 0.0294. The second-order valence-corrected chi connectivity index (χ2v) is 4.73. The molecule has 3 N–H and O–H groups in total. The second-order valence-electron chi connectivity index (χ2n) is 4.73. The summed E-state index contributed by atoms with van der Waals surface area (Å²) in [7, 11) is 0. The minimum atomic E-state index is -0.565. The summed E-state index contributed by atoms with van der Waals surface area (Å²) in [6, 6.07) is 4.10. The van der Waals surface area contributed by atoms with Crippen LogP contribution in [0.25, 0.3) is 0 Å².